The molecule has 0 aromatic rings. The maximum atomic E-state index is 8.52. The molecule has 0 aromatic heterocycles. The Morgan fingerprint density at radius 2 is 1.33 bits per heavy atom. The van der Waals surface area contributed by atoms with Crippen molar-refractivity contribution in [3.8, 4) is 0 Å². The first kappa shape index (κ1) is 9.95. The van der Waals surface area contributed by atoms with Crippen LogP contribution >= 0.6 is 8.25 Å². The van der Waals surface area contributed by atoms with E-state index in [-0.39, 0.29) is 0 Å². The summed E-state index contributed by atoms with van der Waals surface area (Å²) < 4.78 is 16.9. The van der Waals surface area contributed by atoms with Crippen LogP contribution < -0.4 is 9.79 Å². The second-order valence-corrected chi connectivity index (χ2v) is 0.750. The normalized spacial score (nSPS) is 6.83. The van der Waals surface area contributed by atoms with E-state index < -0.39 is 8.25 Å². The van der Waals surface area contributed by atoms with Crippen molar-refractivity contribution in [3.05, 3.63) is 0 Å². The third-order valence-electron chi connectivity index (χ3n) is 0. The molecule has 0 saturated heterocycles. The van der Waals surface area contributed by atoms with Gasteiger partial charge in [0.2, 0.25) is 0 Å². The number of rotatable bonds is 0. The van der Waals surface area contributed by atoms with Crippen molar-refractivity contribution in [1.29, 1.82) is 0 Å². The molecular weight excluding hydrogens is 186 g/mol. The molecule has 0 bridgehead atoms. The van der Waals surface area contributed by atoms with Crippen molar-refractivity contribution in [3.63, 3.8) is 0 Å². The first-order chi connectivity index (χ1) is 2.73. The quantitative estimate of drug-likeness (QED) is 0.410. The molecule has 0 unspecified atom stereocenters. The first-order valence-corrected chi connectivity index (χ1v) is 3.04. The average molecular weight is 187 g/mol. The summed E-state index contributed by atoms with van der Waals surface area (Å²) in [5, 5.41) is 0. The van der Waals surface area contributed by atoms with E-state index in [4.69, 9.17) is 17.2 Å². The van der Waals surface area contributed by atoms with E-state index in [0.717, 1.165) is 0 Å². The monoisotopic (exact) mass is 186 g/mol. The zero-order chi connectivity index (χ0) is 5.58. The van der Waals surface area contributed by atoms with Gasteiger partial charge in [-0.15, -0.1) is 0 Å². The van der Waals surface area contributed by atoms with Gasteiger partial charge in [0.15, 0.2) is 0 Å². The van der Waals surface area contributed by atoms with Gasteiger partial charge in [-0.05, 0) is 0 Å². The molecule has 0 amide bonds. The van der Waals surface area contributed by atoms with Crippen LogP contribution in [0.3, 0.4) is 0 Å². The van der Waals surface area contributed by atoms with Crippen LogP contribution in [0.4, 0.5) is 0 Å². The Bertz CT molecular complexity index is 38.8. The van der Waals surface area contributed by atoms with Crippen molar-refractivity contribution >= 4 is 8.25 Å². The summed E-state index contributed by atoms with van der Waals surface area (Å²) in [6.07, 6.45) is 0. The zero-order valence-corrected chi connectivity index (χ0v) is 6.09. The first-order valence-electron chi connectivity index (χ1n) is 0.816. The van der Waals surface area contributed by atoms with Gasteiger partial charge in [0.1, 0.15) is 0 Å². The van der Waals surface area contributed by atoms with Gasteiger partial charge >= 0.3 is 27.5 Å². The molecular formula is HO4PZr. The third-order valence-corrected chi connectivity index (χ3v) is 0. The van der Waals surface area contributed by atoms with Crippen LogP contribution in [0.2, 0.25) is 0 Å². The van der Waals surface area contributed by atoms with Crippen LogP contribution in [0.15, 0.2) is 0 Å². The Hall–Kier alpha value is 0.833. The van der Waals surface area contributed by atoms with Crippen molar-refractivity contribution in [2.45, 2.75) is 0 Å². The van der Waals surface area contributed by atoms with Crippen LogP contribution in [-0.4, -0.2) is 0 Å². The van der Waals surface area contributed by atoms with Crippen molar-refractivity contribution < 1.29 is 41.9 Å². The van der Waals surface area contributed by atoms with Gasteiger partial charge < -0.3 is 14.4 Å². The summed E-state index contributed by atoms with van der Waals surface area (Å²) in [6, 6.07) is 0. The molecule has 0 radical (unpaired) electrons. The molecule has 0 atom stereocenters. The summed E-state index contributed by atoms with van der Waals surface area (Å²) in [4.78, 5) is 17.0. The van der Waals surface area contributed by atoms with Gasteiger partial charge in [0, 0.05) is 0 Å². The fourth-order valence-electron chi connectivity index (χ4n) is 0. The van der Waals surface area contributed by atoms with E-state index in [1.807, 2.05) is 0 Å². The van der Waals surface area contributed by atoms with E-state index >= 15 is 0 Å². The molecule has 0 fully saturated rings. The summed E-state index contributed by atoms with van der Waals surface area (Å²) in [6.45, 7) is 0. The summed E-state index contributed by atoms with van der Waals surface area (Å²) in [5.41, 5.74) is 0. The van der Waals surface area contributed by atoms with E-state index in [0.29, 0.717) is 24.7 Å². The van der Waals surface area contributed by atoms with Crippen LogP contribution in [0.1, 0.15) is 0 Å². The zero-order valence-electron chi connectivity index (χ0n) is 2.63. The minimum atomic E-state index is -3.63. The van der Waals surface area contributed by atoms with Crippen LogP contribution in [0.25, 0.3) is 0 Å². The van der Waals surface area contributed by atoms with Gasteiger partial charge in [-0.1, -0.05) is 8.25 Å². The van der Waals surface area contributed by atoms with Gasteiger partial charge in [-0.25, -0.2) is 0 Å². The fourth-order valence-corrected chi connectivity index (χ4v) is 0. The molecule has 0 N–H and O–H groups in total. The fraction of sp³-hybridized carbons (Fsp3) is 0. The summed E-state index contributed by atoms with van der Waals surface area (Å²) in [7, 11) is -3.63. The number of hydrogen-bond acceptors (Lipinski definition) is 4. The molecule has 0 aliphatic heterocycles. The standard InChI is InChI=1S/H3O3P.O.Zr/c1-4(2)3;;/h4H,(H2,1,2,3);;/q;;+2/p-2. The van der Waals surface area contributed by atoms with E-state index in [1.165, 1.54) is 0 Å². The van der Waals surface area contributed by atoms with E-state index in [1.54, 1.807) is 0 Å². The van der Waals surface area contributed by atoms with Gasteiger partial charge in [-0.3, -0.25) is 0 Å². The second-order valence-electron chi connectivity index (χ2n) is 0.250. The predicted molar refractivity (Wildman–Crippen MR) is 9.69 cm³/mol. The van der Waals surface area contributed by atoms with Crippen LogP contribution in [-0.2, 0) is 32.1 Å². The van der Waals surface area contributed by atoms with Gasteiger partial charge in [0.25, 0.3) is 0 Å². The molecule has 6 heteroatoms. The topological polar surface area (TPSA) is 80.3 Å². The molecule has 6 heavy (non-hydrogen) atoms. The molecule has 0 aliphatic rings. The molecule has 0 aromatic carbocycles. The molecule has 34 valence electrons. The van der Waals surface area contributed by atoms with E-state index in [9.17, 15) is 0 Å². The van der Waals surface area contributed by atoms with Crippen LogP contribution in [0.5, 0.6) is 0 Å². The molecule has 0 spiro atoms. The maximum absolute atomic E-state index is 8.52. The van der Waals surface area contributed by atoms with Crippen molar-refractivity contribution in [2.24, 2.45) is 0 Å². The van der Waals surface area contributed by atoms with Gasteiger partial charge in [0.05, 0.1) is 0 Å². The van der Waals surface area contributed by atoms with Crippen molar-refractivity contribution in [2.75, 3.05) is 0 Å². The Morgan fingerprint density at radius 1 is 1.33 bits per heavy atom. The van der Waals surface area contributed by atoms with Gasteiger partial charge in [-0.2, -0.15) is 0 Å². The number of hydrogen-bond donors (Lipinski definition) is 0. The Labute approximate surface area is 50.4 Å². The SMILES string of the molecule is O=[PH]([O-])[O-].[O]=[Zr+2]. The average Bonchev–Trinajstić information content (AvgIpc) is 1.41. The Kier molecular flexibility index (Phi) is 15.4. The molecule has 0 saturated carbocycles. The van der Waals surface area contributed by atoms with Crippen molar-refractivity contribution in [1.82, 2.24) is 0 Å². The summed E-state index contributed by atoms with van der Waals surface area (Å²) >= 11 is 0.300. The molecule has 4 nitrogen and oxygen atoms in total. The minimum absolute atomic E-state index is 0.300. The predicted octanol–water partition coefficient (Wildman–Crippen LogP) is -2.02. The molecule has 0 rings (SSSR count). The molecule has 0 heterocycles. The van der Waals surface area contributed by atoms with E-state index in [2.05, 4.69) is 0 Å². The van der Waals surface area contributed by atoms with Crippen LogP contribution in [0, 0.1) is 0 Å². The second kappa shape index (κ2) is 9.27. The summed E-state index contributed by atoms with van der Waals surface area (Å²) in [5.74, 6) is 0. The Balaban J connectivity index is 0. The molecule has 0 aliphatic carbocycles. The Morgan fingerprint density at radius 3 is 1.33 bits per heavy atom. The third kappa shape index (κ3) is 102.